The first-order valence-corrected chi connectivity index (χ1v) is 13.7. The van der Waals surface area contributed by atoms with Crippen LogP contribution in [0.5, 0.6) is 11.5 Å². The van der Waals surface area contributed by atoms with Crippen LogP contribution in [-0.2, 0) is 0 Å². The van der Waals surface area contributed by atoms with E-state index in [0.717, 1.165) is 11.4 Å². The molecule has 0 bridgehead atoms. The highest BCUT2D eigenvalue weighted by atomic mass is 32.2. The Hall–Kier alpha value is -4.36. The number of thioether (sulfide) groups is 1. The molecule has 13 heteroatoms. The lowest BCUT2D eigenvalue weighted by Crippen LogP contribution is -2.54. The Kier molecular flexibility index (Phi) is 9.53. The van der Waals surface area contributed by atoms with E-state index in [-0.39, 0.29) is 22.4 Å². The van der Waals surface area contributed by atoms with Gasteiger partial charge in [0.25, 0.3) is 0 Å². The molecule has 9 nitrogen and oxygen atoms in total. The number of hydrazine groups is 1. The molecular weight excluding hydrogens is 569 g/mol. The van der Waals surface area contributed by atoms with E-state index in [1.807, 2.05) is 43.0 Å². The predicted molar refractivity (Wildman–Crippen MR) is 155 cm³/mol. The van der Waals surface area contributed by atoms with Crippen molar-refractivity contribution in [3.63, 3.8) is 0 Å². The molecule has 2 aromatic carbocycles. The minimum atomic E-state index is -4.40. The Morgan fingerprint density at radius 1 is 1.10 bits per heavy atom. The van der Waals surface area contributed by atoms with Crippen molar-refractivity contribution in [3.05, 3.63) is 102 Å². The van der Waals surface area contributed by atoms with Crippen LogP contribution in [0.15, 0.2) is 101 Å². The Morgan fingerprint density at radius 3 is 2.52 bits per heavy atom. The second-order valence-corrected chi connectivity index (χ2v) is 10.4. The number of nitrogens with one attached hydrogen (secondary N) is 1. The molecule has 222 valence electrons. The number of ether oxygens (including phenoxy) is 1. The van der Waals surface area contributed by atoms with Crippen molar-refractivity contribution in [2.45, 2.75) is 37.0 Å². The number of halogens is 3. The van der Waals surface area contributed by atoms with Gasteiger partial charge in [0.05, 0.1) is 11.4 Å². The lowest BCUT2D eigenvalue weighted by atomic mass is 10.2. The molecule has 3 N–H and O–H groups in total. The summed E-state index contributed by atoms with van der Waals surface area (Å²) in [6.07, 6.45) is 3.46. The Bertz CT molecular complexity index is 1470. The van der Waals surface area contributed by atoms with Gasteiger partial charge in [0.15, 0.2) is 12.0 Å². The van der Waals surface area contributed by atoms with Gasteiger partial charge < -0.3 is 19.4 Å². The largest absolute Gasteiger partial charge is 0.462 e. The summed E-state index contributed by atoms with van der Waals surface area (Å²) in [7, 11) is 3.72. The number of aromatic nitrogens is 1. The third kappa shape index (κ3) is 7.47. The van der Waals surface area contributed by atoms with Crippen molar-refractivity contribution in [1.82, 2.24) is 20.3 Å². The third-order valence-corrected chi connectivity index (χ3v) is 7.04. The summed E-state index contributed by atoms with van der Waals surface area (Å²) in [4.78, 5) is 25.9. The number of alkyl halides is 3. The van der Waals surface area contributed by atoms with E-state index < -0.39 is 17.7 Å². The summed E-state index contributed by atoms with van der Waals surface area (Å²) < 4.78 is 44.8. The molecule has 1 unspecified atom stereocenters. The van der Waals surface area contributed by atoms with E-state index in [2.05, 4.69) is 10.5 Å². The fourth-order valence-electron chi connectivity index (χ4n) is 4.52. The molecule has 42 heavy (non-hydrogen) atoms. The van der Waals surface area contributed by atoms with Crippen LogP contribution in [0.2, 0.25) is 0 Å². The smallest absolute Gasteiger partial charge is 0.446 e. The minimum Gasteiger partial charge on any atom is -0.462 e. The van der Waals surface area contributed by atoms with Crippen molar-refractivity contribution in [3.8, 4) is 11.5 Å². The maximum atomic E-state index is 12.9. The number of nitrogens with zero attached hydrogens (tertiary/aromatic N) is 4. The molecule has 4 rings (SSSR count). The molecule has 1 aliphatic rings. The van der Waals surface area contributed by atoms with Crippen LogP contribution in [0.25, 0.3) is 0 Å². The second-order valence-electron chi connectivity index (χ2n) is 9.29. The van der Waals surface area contributed by atoms with Gasteiger partial charge in [-0.3, -0.25) is 14.8 Å². The van der Waals surface area contributed by atoms with Crippen LogP contribution in [-0.4, -0.2) is 46.6 Å². The van der Waals surface area contributed by atoms with E-state index in [1.54, 1.807) is 49.4 Å². The number of hydroxylamine groups is 1. The van der Waals surface area contributed by atoms with Gasteiger partial charge in [-0.25, -0.2) is 5.84 Å². The van der Waals surface area contributed by atoms with E-state index in [4.69, 9.17) is 15.4 Å². The molecule has 0 fully saturated rings. The molecule has 0 aliphatic carbocycles. The number of carbonyl (C=O) groups excluding carboxylic acids is 1. The van der Waals surface area contributed by atoms with Gasteiger partial charge in [0.2, 0.25) is 0 Å². The number of nitrogens with two attached hydrogens (primary N) is 1. The van der Waals surface area contributed by atoms with E-state index >= 15 is 0 Å². The van der Waals surface area contributed by atoms with Crippen LogP contribution in [0.4, 0.5) is 18.9 Å². The number of amides is 1. The van der Waals surface area contributed by atoms with Crippen molar-refractivity contribution in [1.29, 1.82) is 0 Å². The molecule has 0 radical (unpaired) electrons. The first kappa shape index (κ1) is 30.6. The number of benzene rings is 2. The van der Waals surface area contributed by atoms with Gasteiger partial charge in [0, 0.05) is 43.0 Å². The van der Waals surface area contributed by atoms with Crippen molar-refractivity contribution in [2.75, 3.05) is 19.1 Å². The number of pyridine rings is 1. The number of rotatable bonds is 10. The molecule has 0 spiro atoms. The van der Waals surface area contributed by atoms with Gasteiger partial charge in [0.1, 0.15) is 17.2 Å². The fourth-order valence-corrected chi connectivity index (χ4v) is 5.12. The summed E-state index contributed by atoms with van der Waals surface area (Å²) in [6.45, 7) is 3.77. The van der Waals surface area contributed by atoms with Crippen molar-refractivity contribution >= 4 is 23.4 Å². The predicted octanol–water partition coefficient (Wildman–Crippen LogP) is 5.86. The number of anilines is 1. The molecule has 1 amide bonds. The number of hydrogen-bond acceptors (Lipinski definition) is 9. The zero-order chi connectivity index (χ0) is 30.4. The summed E-state index contributed by atoms with van der Waals surface area (Å²) in [6, 6.07) is 17.9. The fraction of sp³-hybridized carbons (Fsp3) is 0.241. The number of hydrogen-bond donors (Lipinski definition) is 2. The molecule has 2 heterocycles. The SMILES string of the molecule is CCC1=C(/C=C(\C)Oc2ccnc(C(=O)NOc3ccccc3)c2)N(C)C(N(N)c2cccc(SC(F)(F)F)c2)N1C. The van der Waals surface area contributed by atoms with Crippen LogP contribution < -0.4 is 25.9 Å². The first-order valence-electron chi connectivity index (χ1n) is 12.9. The van der Waals surface area contributed by atoms with Gasteiger partial charge >= 0.3 is 11.4 Å². The average Bonchev–Trinajstić information content (AvgIpc) is 3.18. The molecule has 0 saturated heterocycles. The highest BCUT2D eigenvalue weighted by molar-refractivity contribution is 8.00. The number of likely N-dealkylation sites (N-methyl/N-ethyl adjacent to an activating group) is 1. The van der Waals surface area contributed by atoms with Gasteiger partial charge in [-0.05, 0) is 61.5 Å². The lowest BCUT2D eigenvalue weighted by molar-refractivity contribution is -0.0328. The normalized spacial score (nSPS) is 15.6. The monoisotopic (exact) mass is 600 g/mol. The zero-order valence-corrected chi connectivity index (χ0v) is 24.2. The van der Waals surface area contributed by atoms with Crippen LogP contribution in [0.3, 0.4) is 0 Å². The second kappa shape index (κ2) is 13.1. The Balaban J connectivity index is 1.48. The molecule has 3 aromatic rings. The first-order chi connectivity index (χ1) is 20.0. The van der Waals surface area contributed by atoms with Crippen LogP contribution >= 0.6 is 11.8 Å². The maximum absolute atomic E-state index is 12.9. The number of allylic oxidation sites excluding steroid dienone is 3. The summed E-state index contributed by atoms with van der Waals surface area (Å²) in [5.74, 6) is 7.34. The number of carbonyl (C=O) groups is 1. The highest BCUT2D eigenvalue weighted by Crippen LogP contribution is 2.39. The topological polar surface area (TPSA) is 96.2 Å². The molecule has 0 saturated carbocycles. The summed E-state index contributed by atoms with van der Waals surface area (Å²) >= 11 is -0.187. The van der Waals surface area contributed by atoms with Crippen molar-refractivity contribution in [2.24, 2.45) is 5.84 Å². The minimum absolute atomic E-state index is 0.0452. The number of para-hydroxylation sites is 1. The molecule has 1 atom stereocenters. The standard InChI is InChI=1S/C29H31F3N6O3S/c1-5-25-26(37(4)28(36(25)3)38(33)20-10-9-13-23(17-20)42-29(30,31)32)16-19(2)40-22-14-15-34-24(18-22)27(39)35-41-21-11-7-6-8-12-21/h6-18,28H,5,33H2,1-4H3,(H,35,39)/b19-16+. The Labute approximate surface area is 246 Å². The Morgan fingerprint density at radius 2 is 1.83 bits per heavy atom. The summed E-state index contributed by atoms with van der Waals surface area (Å²) in [5, 5.41) is 1.43. The maximum Gasteiger partial charge on any atom is 0.446 e. The lowest BCUT2D eigenvalue weighted by Gasteiger charge is -2.37. The summed E-state index contributed by atoms with van der Waals surface area (Å²) in [5.41, 5.74) is 0.265. The molecule has 1 aliphatic heterocycles. The van der Waals surface area contributed by atoms with Gasteiger partial charge in [-0.1, -0.05) is 31.2 Å². The average molecular weight is 601 g/mol. The third-order valence-electron chi connectivity index (χ3n) is 6.31. The van der Waals surface area contributed by atoms with E-state index in [9.17, 15) is 18.0 Å². The van der Waals surface area contributed by atoms with E-state index in [0.29, 0.717) is 29.4 Å². The highest BCUT2D eigenvalue weighted by Gasteiger charge is 2.36. The molecular formula is C29H31F3N6O3S. The van der Waals surface area contributed by atoms with Gasteiger partial charge in [-0.15, -0.1) is 0 Å². The quantitative estimate of drug-likeness (QED) is 0.128. The van der Waals surface area contributed by atoms with Crippen molar-refractivity contribution < 1.29 is 27.5 Å². The molecule has 1 aromatic heterocycles. The van der Waals surface area contributed by atoms with Crippen LogP contribution in [0, 0.1) is 0 Å². The van der Waals surface area contributed by atoms with Crippen LogP contribution in [0.1, 0.15) is 30.8 Å². The zero-order valence-electron chi connectivity index (χ0n) is 23.4. The van der Waals surface area contributed by atoms with Gasteiger partial charge in [-0.2, -0.15) is 18.7 Å². The van der Waals surface area contributed by atoms with E-state index in [1.165, 1.54) is 29.4 Å².